The number of alkyl halides is 1. The first-order chi connectivity index (χ1) is 5.76. The van der Waals surface area contributed by atoms with Crippen molar-refractivity contribution in [3.05, 3.63) is 11.8 Å². The van der Waals surface area contributed by atoms with Gasteiger partial charge in [-0.05, 0) is 0 Å². The smallest absolute Gasteiger partial charge is 0.315 e. The van der Waals surface area contributed by atoms with Crippen molar-refractivity contribution in [1.82, 2.24) is 10.2 Å². The standard InChI is InChI=1S/C6H7ClN2O3/c1-11-6(10)2-4-8-9-5(3-7)12-4/h2-3H2,1H3. The Morgan fingerprint density at radius 1 is 1.58 bits per heavy atom. The van der Waals surface area contributed by atoms with Crippen molar-refractivity contribution < 1.29 is 13.9 Å². The zero-order valence-corrected chi connectivity index (χ0v) is 7.17. The summed E-state index contributed by atoms with van der Waals surface area (Å²) in [4.78, 5) is 10.7. The molecule has 66 valence electrons. The molecule has 0 aliphatic rings. The maximum absolute atomic E-state index is 10.7. The van der Waals surface area contributed by atoms with E-state index in [0.717, 1.165) is 0 Å². The number of rotatable bonds is 3. The van der Waals surface area contributed by atoms with E-state index in [4.69, 9.17) is 16.0 Å². The lowest BCUT2D eigenvalue weighted by Gasteiger charge is -1.91. The molecule has 0 N–H and O–H groups in total. The molecule has 1 aromatic rings. The van der Waals surface area contributed by atoms with E-state index in [-0.39, 0.29) is 18.2 Å². The highest BCUT2D eigenvalue weighted by atomic mass is 35.5. The van der Waals surface area contributed by atoms with Gasteiger partial charge in [0.2, 0.25) is 11.8 Å². The summed E-state index contributed by atoms with van der Waals surface area (Å²) in [6, 6.07) is 0. The second kappa shape index (κ2) is 4.06. The lowest BCUT2D eigenvalue weighted by atomic mass is 10.4. The molecule has 0 atom stereocenters. The minimum absolute atomic E-state index is 0.0135. The van der Waals surface area contributed by atoms with Crippen molar-refractivity contribution in [1.29, 1.82) is 0 Å². The number of hydrogen-bond acceptors (Lipinski definition) is 5. The third-order valence-corrected chi connectivity index (χ3v) is 1.37. The number of aromatic nitrogens is 2. The van der Waals surface area contributed by atoms with Crippen LogP contribution in [0.3, 0.4) is 0 Å². The highest BCUT2D eigenvalue weighted by Gasteiger charge is 2.09. The summed E-state index contributed by atoms with van der Waals surface area (Å²) in [6.45, 7) is 0. The molecule has 0 aliphatic carbocycles. The van der Waals surface area contributed by atoms with Crippen molar-refractivity contribution in [2.24, 2.45) is 0 Å². The molecule has 0 aromatic carbocycles. The Balaban J connectivity index is 2.58. The SMILES string of the molecule is COC(=O)Cc1nnc(CCl)o1. The quantitative estimate of drug-likeness (QED) is 0.514. The molecule has 0 unspecified atom stereocenters. The highest BCUT2D eigenvalue weighted by molar-refractivity contribution is 6.16. The fourth-order valence-electron chi connectivity index (χ4n) is 0.609. The van der Waals surface area contributed by atoms with Crippen molar-refractivity contribution in [2.75, 3.05) is 7.11 Å². The second-order valence-corrected chi connectivity index (χ2v) is 2.24. The predicted octanol–water partition coefficient (Wildman–Crippen LogP) is 0.524. The van der Waals surface area contributed by atoms with E-state index >= 15 is 0 Å². The van der Waals surface area contributed by atoms with E-state index < -0.39 is 5.97 Å². The average Bonchev–Trinajstić information content (AvgIpc) is 2.52. The van der Waals surface area contributed by atoms with Crippen LogP contribution in [0.2, 0.25) is 0 Å². The number of methoxy groups -OCH3 is 1. The van der Waals surface area contributed by atoms with Gasteiger partial charge in [-0.25, -0.2) is 0 Å². The first-order valence-electron chi connectivity index (χ1n) is 3.20. The summed E-state index contributed by atoms with van der Waals surface area (Å²) in [5, 5.41) is 7.14. The number of hydrogen-bond donors (Lipinski definition) is 0. The van der Waals surface area contributed by atoms with Gasteiger partial charge in [-0.1, -0.05) is 0 Å². The summed E-state index contributed by atoms with van der Waals surface area (Å²) >= 11 is 5.40. The Hall–Kier alpha value is -1.10. The molecule has 1 heterocycles. The lowest BCUT2D eigenvalue weighted by Crippen LogP contribution is -2.04. The van der Waals surface area contributed by atoms with E-state index in [0.29, 0.717) is 5.89 Å². The maximum atomic E-state index is 10.7. The van der Waals surface area contributed by atoms with E-state index in [2.05, 4.69) is 14.9 Å². The van der Waals surface area contributed by atoms with Gasteiger partial charge in [0.25, 0.3) is 0 Å². The van der Waals surface area contributed by atoms with Crippen LogP contribution >= 0.6 is 11.6 Å². The van der Waals surface area contributed by atoms with E-state index in [1.54, 1.807) is 0 Å². The number of carbonyl (C=O) groups is 1. The van der Waals surface area contributed by atoms with Crippen molar-refractivity contribution in [3.63, 3.8) is 0 Å². The molecule has 0 bridgehead atoms. The Morgan fingerprint density at radius 2 is 2.25 bits per heavy atom. The molecule has 1 aromatic heterocycles. The largest absolute Gasteiger partial charge is 0.469 e. The molecule has 0 amide bonds. The predicted molar refractivity (Wildman–Crippen MR) is 39.6 cm³/mol. The van der Waals surface area contributed by atoms with Gasteiger partial charge in [0.05, 0.1) is 7.11 Å². The third kappa shape index (κ3) is 2.20. The van der Waals surface area contributed by atoms with Crippen molar-refractivity contribution in [2.45, 2.75) is 12.3 Å². The number of carbonyl (C=O) groups excluding carboxylic acids is 1. The van der Waals surface area contributed by atoms with Crippen LogP contribution in [0.4, 0.5) is 0 Å². The lowest BCUT2D eigenvalue weighted by molar-refractivity contribution is -0.140. The number of halogens is 1. The van der Waals surface area contributed by atoms with Crippen LogP contribution in [0.1, 0.15) is 11.8 Å². The Labute approximate surface area is 73.7 Å². The first kappa shape index (κ1) is 8.99. The average molecular weight is 191 g/mol. The van der Waals surface area contributed by atoms with Gasteiger partial charge in [-0.3, -0.25) is 4.79 Å². The van der Waals surface area contributed by atoms with Crippen molar-refractivity contribution >= 4 is 17.6 Å². The zero-order valence-electron chi connectivity index (χ0n) is 6.41. The van der Waals surface area contributed by atoms with Crippen LogP contribution in [-0.4, -0.2) is 23.3 Å². The molecule has 0 saturated carbocycles. The normalized spacial score (nSPS) is 9.83. The number of ether oxygens (including phenoxy) is 1. The highest BCUT2D eigenvalue weighted by Crippen LogP contribution is 2.03. The number of esters is 1. The van der Waals surface area contributed by atoms with Gasteiger partial charge < -0.3 is 9.15 Å². The fourth-order valence-corrected chi connectivity index (χ4v) is 0.717. The molecule has 5 nitrogen and oxygen atoms in total. The monoisotopic (exact) mass is 190 g/mol. The third-order valence-electron chi connectivity index (χ3n) is 1.15. The van der Waals surface area contributed by atoms with Crippen LogP contribution in [-0.2, 0) is 21.8 Å². The summed E-state index contributed by atoms with van der Waals surface area (Å²) in [6.07, 6.45) is -0.0135. The van der Waals surface area contributed by atoms with Crippen LogP contribution in [0, 0.1) is 0 Å². The van der Waals surface area contributed by atoms with E-state index in [1.165, 1.54) is 7.11 Å². The van der Waals surface area contributed by atoms with Crippen LogP contribution in [0.25, 0.3) is 0 Å². The number of nitrogens with zero attached hydrogens (tertiary/aromatic N) is 2. The Bertz CT molecular complexity index is 274. The van der Waals surface area contributed by atoms with Gasteiger partial charge in [-0.2, -0.15) is 0 Å². The van der Waals surface area contributed by atoms with E-state index in [1.807, 2.05) is 0 Å². The van der Waals surface area contributed by atoms with Crippen LogP contribution in [0.15, 0.2) is 4.42 Å². The van der Waals surface area contributed by atoms with Gasteiger partial charge in [0, 0.05) is 0 Å². The van der Waals surface area contributed by atoms with Gasteiger partial charge in [0.1, 0.15) is 12.3 Å². The fraction of sp³-hybridized carbons (Fsp3) is 0.500. The molecule has 0 fully saturated rings. The van der Waals surface area contributed by atoms with E-state index in [9.17, 15) is 4.79 Å². The van der Waals surface area contributed by atoms with Gasteiger partial charge >= 0.3 is 5.97 Å². The first-order valence-corrected chi connectivity index (χ1v) is 3.73. The summed E-state index contributed by atoms with van der Waals surface area (Å²) in [5.74, 6) is 0.251. The molecule has 0 aliphatic heterocycles. The second-order valence-electron chi connectivity index (χ2n) is 1.98. The minimum atomic E-state index is -0.417. The summed E-state index contributed by atoms with van der Waals surface area (Å²) in [7, 11) is 1.29. The Kier molecular flexibility index (Phi) is 3.04. The molecule has 0 spiro atoms. The molecular weight excluding hydrogens is 184 g/mol. The topological polar surface area (TPSA) is 65.2 Å². The molecule has 0 radical (unpaired) electrons. The molecule has 12 heavy (non-hydrogen) atoms. The van der Waals surface area contributed by atoms with Gasteiger partial charge in [-0.15, -0.1) is 21.8 Å². The molecular formula is C6H7ClN2O3. The van der Waals surface area contributed by atoms with Gasteiger partial charge in [0.15, 0.2) is 0 Å². The zero-order chi connectivity index (χ0) is 8.97. The molecule has 6 heteroatoms. The molecule has 0 saturated heterocycles. The minimum Gasteiger partial charge on any atom is -0.469 e. The van der Waals surface area contributed by atoms with Crippen LogP contribution in [0.5, 0.6) is 0 Å². The molecule has 1 rings (SSSR count). The Morgan fingerprint density at radius 3 is 2.75 bits per heavy atom. The van der Waals surface area contributed by atoms with Crippen molar-refractivity contribution in [3.8, 4) is 0 Å². The van der Waals surface area contributed by atoms with Crippen LogP contribution < -0.4 is 0 Å². The maximum Gasteiger partial charge on any atom is 0.315 e. The summed E-state index contributed by atoms with van der Waals surface area (Å²) < 4.78 is 9.35. The summed E-state index contributed by atoms with van der Waals surface area (Å²) in [5.41, 5.74) is 0.